The van der Waals surface area contributed by atoms with Crippen LogP contribution in [0.1, 0.15) is 47.5 Å². The van der Waals surface area contributed by atoms with Gasteiger partial charge in [0.25, 0.3) is 0 Å². The third kappa shape index (κ3) is 4.66. The zero-order chi connectivity index (χ0) is 14.4. The van der Waals surface area contributed by atoms with E-state index in [0.29, 0.717) is 17.6 Å². The molecule has 0 bridgehead atoms. The van der Waals surface area contributed by atoms with Crippen LogP contribution in [0.2, 0.25) is 0 Å². The van der Waals surface area contributed by atoms with Gasteiger partial charge in [0.2, 0.25) is 0 Å². The molecule has 1 atom stereocenters. The topological polar surface area (TPSA) is 47.3 Å². The molecule has 0 aliphatic heterocycles. The van der Waals surface area contributed by atoms with Gasteiger partial charge in [-0.2, -0.15) is 0 Å². The van der Waals surface area contributed by atoms with E-state index in [2.05, 4.69) is 26.1 Å². The summed E-state index contributed by atoms with van der Waals surface area (Å²) in [6.45, 7) is 10.7. The smallest absolute Gasteiger partial charge is 0.144 e. The van der Waals surface area contributed by atoms with Crippen molar-refractivity contribution in [2.45, 2.75) is 59.6 Å². The van der Waals surface area contributed by atoms with Crippen LogP contribution in [0.15, 0.2) is 18.2 Å². The van der Waals surface area contributed by atoms with Crippen molar-refractivity contribution in [3.63, 3.8) is 0 Å². The first-order chi connectivity index (χ1) is 8.97. The van der Waals surface area contributed by atoms with Crippen LogP contribution in [0.3, 0.4) is 0 Å². The highest BCUT2D eigenvalue weighted by Crippen LogP contribution is 2.28. The van der Waals surface area contributed by atoms with Crippen LogP contribution < -0.4 is 15.8 Å². The second-order valence-electron chi connectivity index (χ2n) is 5.43. The van der Waals surface area contributed by atoms with Crippen molar-refractivity contribution in [2.24, 2.45) is 5.92 Å². The molecule has 0 radical (unpaired) electrons. The molecule has 0 heterocycles. The van der Waals surface area contributed by atoms with Gasteiger partial charge in [-0.3, -0.25) is 0 Å². The number of hydrogen-bond acceptors (Lipinski definition) is 3. The van der Waals surface area contributed by atoms with Gasteiger partial charge >= 0.3 is 0 Å². The molecule has 3 N–H and O–H groups in total. The second-order valence-corrected chi connectivity index (χ2v) is 5.43. The summed E-state index contributed by atoms with van der Waals surface area (Å²) < 4.78 is 5.72. The maximum absolute atomic E-state index is 5.93. The zero-order valence-corrected chi connectivity index (χ0v) is 12.9. The summed E-state index contributed by atoms with van der Waals surface area (Å²) in [6, 6.07) is 6.36. The molecule has 1 aromatic carbocycles. The fourth-order valence-electron chi connectivity index (χ4n) is 2.36. The van der Waals surface area contributed by atoms with E-state index >= 15 is 0 Å². The van der Waals surface area contributed by atoms with E-state index in [1.165, 1.54) is 12.8 Å². The predicted molar refractivity (Wildman–Crippen MR) is 83.8 cm³/mol. The summed E-state index contributed by atoms with van der Waals surface area (Å²) in [6.07, 6.45) is 2.51. The van der Waals surface area contributed by atoms with Crippen molar-refractivity contribution < 1.29 is 4.74 Å². The van der Waals surface area contributed by atoms with E-state index in [0.717, 1.165) is 11.4 Å². The summed E-state index contributed by atoms with van der Waals surface area (Å²) in [5.74, 6) is 1.45. The fraction of sp³-hybridized carbons (Fsp3) is 0.625. The summed E-state index contributed by atoms with van der Waals surface area (Å²) in [4.78, 5) is 0. The number of ether oxygens (including phenoxy) is 1. The lowest BCUT2D eigenvalue weighted by molar-refractivity contribution is 0.244. The van der Waals surface area contributed by atoms with Crippen LogP contribution in [0.25, 0.3) is 0 Å². The predicted octanol–water partition coefficient (Wildman–Crippen LogP) is 4.29. The van der Waals surface area contributed by atoms with E-state index in [4.69, 9.17) is 10.5 Å². The number of nitrogens with one attached hydrogen (secondary N) is 1. The van der Waals surface area contributed by atoms with Crippen LogP contribution >= 0.6 is 0 Å². The van der Waals surface area contributed by atoms with Gasteiger partial charge in [0, 0.05) is 17.8 Å². The summed E-state index contributed by atoms with van der Waals surface area (Å²) >= 11 is 0. The molecule has 1 rings (SSSR count). The molecule has 3 nitrogen and oxygen atoms in total. The Balaban J connectivity index is 2.78. The minimum absolute atomic E-state index is 0.133. The number of nitrogens with two attached hydrogens (primary N) is 1. The van der Waals surface area contributed by atoms with Gasteiger partial charge in [0.15, 0.2) is 0 Å². The Morgan fingerprint density at radius 3 is 2.32 bits per heavy atom. The van der Waals surface area contributed by atoms with E-state index < -0.39 is 0 Å². The first-order valence-corrected chi connectivity index (χ1v) is 7.30. The van der Waals surface area contributed by atoms with Crippen molar-refractivity contribution >= 4 is 11.4 Å². The molecule has 0 spiro atoms. The van der Waals surface area contributed by atoms with Crippen molar-refractivity contribution in [3.05, 3.63) is 18.2 Å². The molecule has 19 heavy (non-hydrogen) atoms. The van der Waals surface area contributed by atoms with Crippen LogP contribution in [0.5, 0.6) is 5.75 Å². The molecule has 0 fully saturated rings. The monoisotopic (exact) mass is 264 g/mol. The summed E-state index contributed by atoms with van der Waals surface area (Å²) in [5, 5.41) is 3.55. The lowest BCUT2D eigenvalue weighted by atomic mass is 9.95. The van der Waals surface area contributed by atoms with Gasteiger partial charge < -0.3 is 15.8 Å². The molecule has 108 valence electrons. The zero-order valence-electron chi connectivity index (χ0n) is 12.9. The molecule has 0 saturated carbocycles. The van der Waals surface area contributed by atoms with Gasteiger partial charge in [-0.15, -0.1) is 0 Å². The van der Waals surface area contributed by atoms with Crippen molar-refractivity contribution in [1.29, 1.82) is 0 Å². The highest BCUT2D eigenvalue weighted by molar-refractivity contribution is 5.61. The van der Waals surface area contributed by atoms with Gasteiger partial charge in [-0.05, 0) is 38.8 Å². The number of benzene rings is 1. The van der Waals surface area contributed by atoms with Crippen LogP contribution in [-0.4, -0.2) is 12.1 Å². The van der Waals surface area contributed by atoms with Crippen LogP contribution in [0.4, 0.5) is 11.4 Å². The first kappa shape index (κ1) is 15.7. The molecule has 1 aromatic rings. The molecular formula is C16H28N2O. The van der Waals surface area contributed by atoms with Gasteiger partial charge in [-0.1, -0.05) is 26.7 Å². The molecule has 0 saturated heterocycles. The number of hydrogen-bond donors (Lipinski definition) is 2. The summed E-state index contributed by atoms with van der Waals surface area (Å²) in [5.41, 5.74) is 7.69. The van der Waals surface area contributed by atoms with Gasteiger partial charge in [0.1, 0.15) is 5.75 Å². The van der Waals surface area contributed by atoms with Gasteiger partial charge in [0.05, 0.1) is 11.8 Å². The Kier molecular flexibility index (Phi) is 6.00. The minimum Gasteiger partial charge on any atom is -0.489 e. The Hall–Kier alpha value is -1.38. The Labute approximate surface area is 117 Å². The molecule has 1 unspecified atom stereocenters. The highest BCUT2D eigenvalue weighted by atomic mass is 16.5. The average Bonchev–Trinajstić information content (AvgIpc) is 2.34. The second kappa shape index (κ2) is 7.27. The van der Waals surface area contributed by atoms with Crippen molar-refractivity contribution in [3.8, 4) is 5.75 Å². The Morgan fingerprint density at radius 2 is 1.79 bits per heavy atom. The highest BCUT2D eigenvalue weighted by Gasteiger charge is 2.14. The molecular weight excluding hydrogens is 236 g/mol. The van der Waals surface area contributed by atoms with Crippen molar-refractivity contribution in [1.82, 2.24) is 0 Å². The maximum atomic E-state index is 5.93. The SMILES string of the molecule is CCC(CC)C(C)Nc1ccc(N)c(OC(C)C)c1. The van der Waals surface area contributed by atoms with Crippen LogP contribution in [0, 0.1) is 5.92 Å². The van der Waals surface area contributed by atoms with E-state index in [1.54, 1.807) is 0 Å². The Bertz CT molecular complexity index is 386. The molecule has 0 aromatic heterocycles. The lowest BCUT2D eigenvalue weighted by Crippen LogP contribution is -2.25. The van der Waals surface area contributed by atoms with Crippen LogP contribution in [-0.2, 0) is 0 Å². The minimum atomic E-state index is 0.133. The van der Waals surface area contributed by atoms with E-state index in [9.17, 15) is 0 Å². The fourth-order valence-corrected chi connectivity index (χ4v) is 2.36. The maximum Gasteiger partial charge on any atom is 0.144 e. The largest absolute Gasteiger partial charge is 0.489 e. The molecule has 3 heteroatoms. The normalized spacial score (nSPS) is 12.8. The van der Waals surface area contributed by atoms with E-state index in [-0.39, 0.29) is 6.10 Å². The van der Waals surface area contributed by atoms with Crippen molar-refractivity contribution in [2.75, 3.05) is 11.1 Å². The molecule has 0 amide bonds. The van der Waals surface area contributed by atoms with E-state index in [1.807, 2.05) is 32.0 Å². The third-order valence-electron chi connectivity index (χ3n) is 3.53. The Morgan fingerprint density at radius 1 is 1.16 bits per heavy atom. The first-order valence-electron chi connectivity index (χ1n) is 7.30. The number of rotatable bonds is 7. The van der Waals surface area contributed by atoms with Gasteiger partial charge in [-0.25, -0.2) is 0 Å². The standard InChI is InChI=1S/C16H28N2O/c1-6-13(7-2)12(5)18-14-8-9-15(17)16(10-14)19-11(3)4/h8-13,18H,6-7,17H2,1-5H3. The number of nitrogen functional groups attached to an aromatic ring is 1. The lowest BCUT2D eigenvalue weighted by Gasteiger charge is -2.24. The third-order valence-corrected chi connectivity index (χ3v) is 3.53. The average molecular weight is 264 g/mol. The molecule has 0 aliphatic carbocycles. The summed E-state index contributed by atoms with van der Waals surface area (Å²) in [7, 11) is 0. The quantitative estimate of drug-likeness (QED) is 0.722. The molecule has 0 aliphatic rings. The number of anilines is 2.